The number of hydrogen-bond acceptors (Lipinski definition) is 8. The van der Waals surface area contributed by atoms with Crippen molar-refractivity contribution in [3.8, 4) is 0 Å². The molecule has 3 rings (SSSR count). The number of nitrogens with zero attached hydrogens (tertiary/aromatic N) is 3. The molecule has 0 aromatic heterocycles. The first kappa shape index (κ1) is 26.9. The number of anilines is 1. The topological polar surface area (TPSA) is 91.4 Å². The third kappa shape index (κ3) is 8.21. The average molecular weight is 489 g/mol. The molecule has 2 heterocycles. The minimum atomic E-state index is -0.449. The molecule has 2 aliphatic heterocycles. The molecule has 1 amide bonds. The number of piperazine rings is 1. The zero-order chi connectivity index (χ0) is 25.4. The molecule has 35 heavy (non-hydrogen) atoms. The Bertz CT molecular complexity index is 869. The van der Waals surface area contributed by atoms with Crippen molar-refractivity contribution in [2.24, 2.45) is 5.92 Å². The Morgan fingerprint density at radius 3 is 2.29 bits per heavy atom. The van der Waals surface area contributed by atoms with Gasteiger partial charge in [0.15, 0.2) is 0 Å². The predicted molar refractivity (Wildman–Crippen MR) is 134 cm³/mol. The zero-order valence-electron chi connectivity index (χ0n) is 21.5. The second-order valence-electron chi connectivity index (χ2n) is 10.1. The highest BCUT2D eigenvalue weighted by atomic mass is 16.6. The van der Waals surface area contributed by atoms with Crippen molar-refractivity contribution in [3.63, 3.8) is 0 Å². The number of carbonyl (C=O) groups is 3. The van der Waals surface area contributed by atoms with E-state index >= 15 is 0 Å². The van der Waals surface area contributed by atoms with Crippen LogP contribution in [-0.2, 0) is 19.1 Å². The quantitative estimate of drug-likeness (QED) is 0.559. The van der Waals surface area contributed by atoms with E-state index < -0.39 is 5.60 Å². The maximum atomic E-state index is 13.1. The Kier molecular flexibility index (Phi) is 9.51. The molecular formula is C26H40N4O5. The first-order valence-corrected chi connectivity index (χ1v) is 12.7. The van der Waals surface area contributed by atoms with Crippen molar-refractivity contribution in [2.75, 3.05) is 57.7 Å². The van der Waals surface area contributed by atoms with Crippen LogP contribution in [0.5, 0.6) is 0 Å². The molecule has 0 radical (unpaired) electrons. The van der Waals surface area contributed by atoms with Crippen molar-refractivity contribution >= 4 is 23.5 Å². The van der Waals surface area contributed by atoms with Gasteiger partial charge in [0.25, 0.3) is 5.91 Å². The first-order chi connectivity index (χ1) is 16.7. The molecule has 0 aliphatic carbocycles. The van der Waals surface area contributed by atoms with Crippen molar-refractivity contribution in [1.29, 1.82) is 0 Å². The summed E-state index contributed by atoms with van der Waals surface area (Å²) in [6, 6.07) is 7.40. The molecule has 194 valence electrons. The maximum absolute atomic E-state index is 13.1. The van der Waals surface area contributed by atoms with Gasteiger partial charge in [0.2, 0.25) is 0 Å². The van der Waals surface area contributed by atoms with Gasteiger partial charge in [0.1, 0.15) is 5.60 Å². The molecule has 0 saturated carbocycles. The number of amides is 1. The van der Waals surface area contributed by atoms with Crippen molar-refractivity contribution in [3.05, 3.63) is 29.8 Å². The maximum Gasteiger partial charge on any atom is 0.309 e. The monoisotopic (exact) mass is 488 g/mol. The van der Waals surface area contributed by atoms with E-state index in [1.807, 2.05) is 49.9 Å². The lowest BCUT2D eigenvalue weighted by Gasteiger charge is -2.43. The van der Waals surface area contributed by atoms with Gasteiger partial charge in [-0.05, 0) is 58.7 Å². The Morgan fingerprint density at radius 1 is 1.00 bits per heavy atom. The van der Waals surface area contributed by atoms with Gasteiger partial charge in [0, 0.05) is 57.1 Å². The molecule has 0 bridgehead atoms. The van der Waals surface area contributed by atoms with Crippen LogP contribution in [0.1, 0.15) is 57.3 Å². The number of ether oxygens (including phenoxy) is 2. The van der Waals surface area contributed by atoms with E-state index in [9.17, 15) is 14.4 Å². The van der Waals surface area contributed by atoms with Crippen LogP contribution in [0.15, 0.2) is 24.3 Å². The molecular weight excluding hydrogens is 448 g/mol. The van der Waals surface area contributed by atoms with Gasteiger partial charge in [-0.25, -0.2) is 10.0 Å². The van der Waals surface area contributed by atoms with E-state index in [1.165, 1.54) is 0 Å². The largest absolute Gasteiger partial charge is 0.466 e. The number of nitrogens with one attached hydrogen (secondary N) is 1. The standard InChI is InChI=1S/C26H40N4O5/c1-5-34-23(31)9-12-27-22-8-6-7-21(19-22)24(32)28-15-17-30(18-16-28)29-13-10-20(11-14-29)25(33)35-26(2,3)4/h6-8,19-20,27H,5,9-18H2,1-4H3. The molecule has 2 saturated heterocycles. The van der Waals surface area contributed by atoms with Crippen molar-refractivity contribution < 1.29 is 23.9 Å². The van der Waals surface area contributed by atoms with Crippen LogP contribution in [0.2, 0.25) is 0 Å². The summed E-state index contributed by atoms with van der Waals surface area (Å²) in [6.45, 7) is 12.9. The summed E-state index contributed by atoms with van der Waals surface area (Å²) in [5.74, 6) is -0.349. The van der Waals surface area contributed by atoms with E-state index in [1.54, 1.807) is 6.92 Å². The molecule has 0 spiro atoms. The summed E-state index contributed by atoms with van der Waals surface area (Å²) in [5.41, 5.74) is 0.999. The Hall–Kier alpha value is -2.65. The molecule has 9 nitrogen and oxygen atoms in total. The van der Waals surface area contributed by atoms with Crippen LogP contribution in [0.4, 0.5) is 5.69 Å². The van der Waals surface area contributed by atoms with Gasteiger partial charge < -0.3 is 19.7 Å². The number of hydrogen-bond donors (Lipinski definition) is 1. The summed E-state index contributed by atoms with van der Waals surface area (Å²) < 4.78 is 10.5. The fraction of sp³-hybridized carbons (Fsp3) is 0.654. The van der Waals surface area contributed by atoms with Crippen molar-refractivity contribution in [1.82, 2.24) is 14.9 Å². The Balaban J connectivity index is 1.43. The zero-order valence-corrected chi connectivity index (χ0v) is 21.5. The Morgan fingerprint density at radius 2 is 1.66 bits per heavy atom. The smallest absolute Gasteiger partial charge is 0.309 e. The number of carbonyl (C=O) groups excluding carboxylic acids is 3. The summed E-state index contributed by atoms with van der Waals surface area (Å²) in [7, 11) is 0. The molecule has 9 heteroatoms. The number of esters is 2. The number of benzene rings is 1. The lowest BCUT2D eigenvalue weighted by Crippen LogP contribution is -2.56. The van der Waals surface area contributed by atoms with E-state index in [0.717, 1.165) is 44.7 Å². The second kappa shape index (κ2) is 12.4. The molecule has 2 fully saturated rings. The number of hydrazine groups is 1. The van der Waals surface area contributed by atoms with E-state index in [0.29, 0.717) is 31.8 Å². The molecule has 2 aliphatic rings. The third-order valence-electron chi connectivity index (χ3n) is 6.23. The molecule has 1 aromatic rings. The molecule has 0 unspecified atom stereocenters. The van der Waals surface area contributed by atoms with Gasteiger partial charge in [-0.1, -0.05) is 6.07 Å². The highest BCUT2D eigenvalue weighted by Crippen LogP contribution is 2.23. The van der Waals surface area contributed by atoms with E-state index in [4.69, 9.17) is 9.47 Å². The number of rotatable bonds is 8. The fourth-order valence-corrected chi connectivity index (χ4v) is 4.44. The highest BCUT2D eigenvalue weighted by Gasteiger charge is 2.32. The summed E-state index contributed by atoms with van der Waals surface area (Å²) in [4.78, 5) is 38.8. The van der Waals surface area contributed by atoms with Crippen LogP contribution in [0, 0.1) is 5.92 Å². The SMILES string of the molecule is CCOC(=O)CCNc1cccc(C(=O)N2CCN(N3CCC(C(=O)OC(C)(C)C)CC3)CC2)c1. The van der Waals surface area contributed by atoms with Crippen LogP contribution in [-0.4, -0.2) is 90.8 Å². The van der Waals surface area contributed by atoms with Gasteiger partial charge >= 0.3 is 11.9 Å². The van der Waals surface area contributed by atoms with E-state index in [2.05, 4.69) is 15.3 Å². The summed E-state index contributed by atoms with van der Waals surface area (Å²) in [5, 5.41) is 7.81. The van der Waals surface area contributed by atoms with Crippen LogP contribution >= 0.6 is 0 Å². The first-order valence-electron chi connectivity index (χ1n) is 12.7. The Labute approximate surface area is 208 Å². The lowest BCUT2D eigenvalue weighted by atomic mass is 9.97. The van der Waals surface area contributed by atoms with Gasteiger partial charge in [-0.3, -0.25) is 14.4 Å². The van der Waals surface area contributed by atoms with Crippen molar-refractivity contribution in [2.45, 2.75) is 52.6 Å². The van der Waals surface area contributed by atoms with Crippen LogP contribution in [0.25, 0.3) is 0 Å². The van der Waals surface area contributed by atoms with Crippen LogP contribution < -0.4 is 5.32 Å². The second-order valence-corrected chi connectivity index (χ2v) is 10.1. The summed E-state index contributed by atoms with van der Waals surface area (Å²) in [6.07, 6.45) is 1.87. The predicted octanol–water partition coefficient (Wildman–Crippen LogP) is 2.78. The van der Waals surface area contributed by atoms with Gasteiger partial charge in [-0.2, -0.15) is 0 Å². The minimum Gasteiger partial charge on any atom is -0.466 e. The fourth-order valence-electron chi connectivity index (χ4n) is 4.44. The highest BCUT2D eigenvalue weighted by molar-refractivity contribution is 5.95. The third-order valence-corrected chi connectivity index (χ3v) is 6.23. The number of piperidine rings is 1. The molecule has 0 atom stereocenters. The van der Waals surface area contributed by atoms with Crippen LogP contribution in [0.3, 0.4) is 0 Å². The van der Waals surface area contributed by atoms with Gasteiger partial charge in [0.05, 0.1) is 18.9 Å². The molecule has 1 aromatic carbocycles. The van der Waals surface area contributed by atoms with Gasteiger partial charge in [-0.15, -0.1) is 0 Å². The minimum absolute atomic E-state index is 0.0160. The molecule has 1 N–H and O–H groups in total. The average Bonchev–Trinajstić information content (AvgIpc) is 2.83. The summed E-state index contributed by atoms with van der Waals surface area (Å²) >= 11 is 0. The van der Waals surface area contributed by atoms with E-state index in [-0.39, 0.29) is 30.2 Å². The lowest BCUT2D eigenvalue weighted by molar-refractivity contribution is -0.164. The normalized spacial score (nSPS) is 18.2.